The average Bonchev–Trinajstić information content (AvgIpc) is 2.77. The van der Waals surface area contributed by atoms with Crippen molar-refractivity contribution in [3.8, 4) is 5.75 Å². The third-order valence-electron chi connectivity index (χ3n) is 5.36. The highest BCUT2D eigenvalue weighted by Gasteiger charge is 2.17. The third-order valence-corrected chi connectivity index (χ3v) is 5.36. The maximum absolute atomic E-state index is 12.4. The standard InChI is InChI=1S/C24H26N4O3/c1-28-11-5-8-18(15-28)16-31-20-10-9-19(25-14-20)13-22-24(30)26-21(23(29)27-22)12-17-6-3-2-4-7-17/h2-4,6-7,9-10,12-14,18H,5,8,11,15-16H2,1H3,(H,26,30)(H,27,29). The lowest BCUT2D eigenvalue weighted by Gasteiger charge is -2.29. The van der Waals surface area contributed by atoms with Crippen LogP contribution in [0.1, 0.15) is 24.1 Å². The molecule has 1 aliphatic rings. The Hall–Kier alpha value is -3.45. The number of rotatable bonds is 5. The maximum Gasteiger partial charge on any atom is 0.272 e. The van der Waals surface area contributed by atoms with E-state index in [1.807, 2.05) is 36.4 Å². The Kier molecular flexibility index (Phi) is 6.43. The Morgan fingerprint density at radius 3 is 2.48 bits per heavy atom. The zero-order valence-corrected chi connectivity index (χ0v) is 17.5. The second kappa shape index (κ2) is 9.57. The molecule has 0 bridgehead atoms. The van der Waals surface area contributed by atoms with Crippen molar-refractivity contribution < 1.29 is 4.74 Å². The highest BCUT2D eigenvalue weighted by molar-refractivity contribution is 5.48. The van der Waals surface area contributed by atoms with Crippen LogP contribution >= 0.6 is 0 Å². The van der Waals surface area contributed by atoms with Crippen LogP contribution in [-0.2, 0) is 0 Å². The van der Waals surface area contributed by atoms with E-state index in [-0.39, 0.29) is 21.8 Å². The largest absolute Gasteiger partial charge is 0.492 e. The van der Waals surface area contributed by atoms with Crippen LogP contribution in [0.4, 0.5) is 0 Å². The molecule has 0 saturated carbocycles. The number of hydrogen-bond donors (Lipinski definition) is 2. The fourth-order valence-electron chi connectivity index (χ4n) is 3.75. The zero-order valence-electron chi connectivity index (χ0n) is 17.5. The van der Waals surface area contributed by atoms with Gasteiger partial charge in [0.15, 0.2) is 0 Å². The number of nitrogens with zero attached hydrogens (tertiary/aromatic N) is 2. The molecule has 0 spiro atoms. The predicted molar refractivity (Wildman–Crippen MR) is 120 cm³/mol. The van der Waals surface area contributed by atoms with E-state index in [0.29, 0.717) is 24.0 Å². The number of aromatic nitrogens is 3. The van der Waals surface area contributed by atoms with Crippen LogP contribution in [0.25, 0.3) is 12.2 Å². The lowest BCUT2D eigenvalue weighted by molar-refractivity contribution is 0.150. The molecule has 2 N–H and O–H groups in total. The van der Waals surface area contributed by atoms with Crippen molar-refractivity contribution in [2.75, 3.05) is 26.7 Å². The molecule has 2 aromatic heterocycles. The van der Waals surface area contributed by atoms with E-state index in [2.05, 4.69) is 26.9 Å². The monoisotopic (exact) mass is 418 g/mol. The number of likely N-dealkylation sites (tertiary alicyclic amines) is 1. The number of piperidine rings is 1. The summed E-state index contributed by atoms with van der Waals surface area (Å²) < 4.78 is 5.88. The molecular weight excluding hydrogens is 392 g/mol. The Morgan fingerprint density at radius 1 is 1.06 bits per heavy atom. The molecule has 0 radical (unpaired) electrons. The van der Waals surface area contributed by atoms with E-state index in [0.717, 1.165) is 18.7 Å². The highest BCUT2D eigenvalue weighted by atomic mass is 16.5. The summed E-state index contributed by atoms with van der Waals surface area (Å²) in [4.78, 5) is 36.8. The molecule has 7 heteroatoms. The molecule has 31 heavy (non-hydrogen) atoms. The molecule has 0 amide bonds. The van der Waals surface area contributed by atoms with Crippen molar-refractivity contribution >= 4 is 12.2 Å². The van der Waals surface area contributed by atoms with E-state index in [1.165, 1.54) is 12.8 Å². The van der Waals surface area contributed by atoms with Gasteiger partial charge in [0.25, 0.3) is 11.1 Å². The van der Waals surface area contributed by atoms with Gasteiger partial charge < -0.3 is 19.6 Å². The minimum absolute atomic E-state index is 0.154. The SMILES string of the molecule is CN1CCCC(COc2ccc(C=c3[nH]c(=O)c(=Cc4ccccc4)[nH]c3=O)nc2)C1. The van der Waals surface area contributed by atoms with Gasteiger partial charge in [-0.15, -0.1) is 0 Å². The van der Waals surface area contributed by atoms with Crippen molar-refractivity contribution in [1.82, 2.24) is 19.9 Å². The molecule has 1 atom stereocenters. The van der Waals surface area contributed by atoms with Gasteiger partial charge in [-0.1, -0.05) is 30.3 Å². The highest BCUT2D eigenvalue weighted by Crippen LogP contribution is 2.17. The first-order valence-corrected chi connectivity index (χ1v) is 10.5. The summed E-state index contributed by atoms with van der Waals surface area (Å²) in [5, 5.41) is 0.361. The van der Waals surface area contributed by atoms with Gasteiger partial charge in [-0.2, -0.15) is 0 Å². The fraction of sp³-hybridized carbons (Fsp3) is 0.292. The number of aromatic amines is 2. The molecule has 1 saturated heterocycles. The molecule has 7 nitrogen and oxygen atoms in total. The Labute approximate surface area is 179 Å². The smallest absolute Gasteiger partial charge is 0.272 e. The Morgan fingerprint density at radius 2 is 1.81 bits per heavy atom. The minimum atomic E-state index is -0.384. The van der Waals surface area contributed by atoms with Crippen molar-refractivity contribution in [3.05, 3.63) is 91.3 Å². The first-order chi connectivity index (χ1) is 15.1. The lowest BCUT2D eigenvalue weighted by atomic mass is 10.00. The van der Waals surface area contributed by atoms with Crippen LogP contribution in [-0.4, -0.2) is 46.6 Å². The van der Waals surface area contributed by atoms with Crippen molar-refractivity contribution in [1.29, 1.82) is 0 Å². The van der Waals surface area contributed by atoms with Crippen molar-refractivity contribution in [3.63, 3.8) is 0 Å². The van der Waals surface area contributed by atoms with Crippen LogP contribution in [0, 0.1) is 5.92 Å². The molecule has 1 unspecified atom stereocenters. The molecule has 1 aromatic carbocycles. The number of nitrogens with one attached hydrogen (secondary N) is 2. The molecule has 3 heterocycles. The average molecular weight is 418 g/mol. The summed E-state index contributed by atoms with van der Waals surface area (Å²) in [5.74, 6) is 1.22. The number of benzene rings is 1. The molecule has 0 aliphatic carbocycles. The van der Waals surface area contributed by atoms with Crippen molar-refractivity contribution in [2.45, 2.75) is 12.8 Å². The van der Waals surface area contributed by atoms with Crippen LogP contribution in [0.5, 0.6) is 5.75 Å². The second-order valence-corrected chi connectivity index (χ2v) is 7.94. The summed E-state index contributed by atoms with van der Waals surface area (Å²) in [6.07, 6.45) is 7.20. The lowest BCUT2D eigenvalue weighted by Crippen LogP contribution is -2.46. The van der Waals surface area contributed by atoms with Gasteiger partial charge in [0.05, 0.1) is 18.5 Å². The van der Waals surface area contributed by atoms with Gasteiger partial charge in [0, 0.05) is 12.5 Å². The van der Waals surface area contributed by atoms with Gasteiger partial charge in [-0.05, 0) is 56.3 Å². The maximum atomic E-state index is 12.4. The number of pyridine rings is 1. The quantitative estimate of drug-likeness (QED) is 0.641. The van der Waals surface area contributed by atoms with E-state index >= 15 is 0 Å². The van der Waals surface area contributed by atoms with E-state index in [1.54, 1.807) is 24.4 Å². The van der Waals surface area contributed by atoms with Gasteiger partial charge in [0.2, 0.25) is 0 Å². The number of hydrogen-bond acceptors (Lipinski definition) is 5. The molecule has 1 fully saturated rings. The predicted octanol–water partition coefficient (Wildman–Crippen LogP) is 0.836. The Balaban J connectivity index is 1.49. The van der Waals surface area contributed by atoms with E-state index in [9.17, 15) is 9.59 Å². The summed E-state index contributed by atoms with van der Waals surface area (Å²) in [5.41, 5.74) is 0.639. The third kappa shape index (κ3) is 5.58. The van der Waals surface area contributed by atoms with E-state index in [4.69, 9.17) is 4.74 Å². The second-order valence-electron chi connectivity index (χ2n) is 7.94. The zero-order chi connectivity index (χ0) is 21.6. The van der Waals surface area contributed by atoms with Gasteiger partial charge >= 0.3 is 0 Å². The molecular formula is C24H26N4O3. The molecule has 160 valence electrons. The first kappa shape index (κ1) is 20.8. The van der Waals surface area contributed by atoms with Crippen LogP contribution in [0.15, 0.2) is 58.3 Å². The molecule has 3 aromatic rings. The molecule has 4 rings (SSSR count). The number of H-pyrrole nitrogens is 2. The summed E-state index contributed by atoms with van der Waals surface area (Å²) in [6.45, 7) is 2.86. The van der Waals surface area contributed by atoms with Crippen LogP contribution in [0.3, 0.4) is 0 Å². The van der Waals surface area contributed by atoms with Gasteiger partial charge in [-0.25, -0.2) is 0 Å². The fourth-order valence-corrected chi connectivity index (χ4v) is 3.75. The van der Waals surface area contributed by atoms with Gasteiger partial charge in [-0.3, -0.25) is 14.6 Å². The van der Waals surface area contributed by atoms with Crippen molar-refractivity contribution in [2.24, 2.45) is 5.92 Å². The van der Waals surface area contributed by atoms with Crippen LogP contribution in [0.2, 0.25) is 0 Å². The van der Waals surface area contributed by atoms with Gasteiger partial charge in [0.1, 0.15) is 16.4 Å². The normalized spacial score (nSPS) is 18.3. The van der Waals surface area contributed by atoms with E-state index < -0.39 is 0 Å². The summed E-state index contributed by atoms with van der Waals surface area (Å²) in [7, 11) is 2.14. The summed E-state index contributed by atoms with van der Waals surface area (Å²) >= 11 is 0. The molecule has 1 aliphatic heterocycles. The summed E-state index contributed by atoms with van der Waals surface area (Å²) in [6, 6.07) is 12.9. The topological polar surface area (TPSA) is 91.1 Å². The number of ether oxygens (including phenoxy) is 1. The van der Waals surface area contributed by atoms with Crippen LogP contribution < -0.4 is 26.6 Å². The minimum Gasteiger partial charge on any atom is -0.492 e. The first-order valence-electron chi connectivity index (χ1n) is 10.5. The Bertz CT molecular complexity index is 1250.